The zero-order chi connectivity index (χ0) is 13.9. The minimum atomic E-state index is -1.02. The highest BCUT2D eigenvalue weighted by Gasteiger charge is 2.41. The maximum Gasteiger partial charge on any atom is 0.339 e. The predicted molar refractivity (Wildman–Crippen MR) is 74.7 cm³/mol. The number of nitrogens with zero attached hydrogens (tertiary/aromatic N) is 2. The van der Waals surface area contributed by atoms with Gasteiger partial charge in [-0.25, -0.2) is 4.79 Å². The molecular weight excluding hydrogens is 312 g/mol. The van der Waals surface area contributed by atoms with Crippen LogP contribution in [0.2, 0.25) is 0 Å². The first-order valence-corrected chi connectivity index (χ1v) is 6.78. The van der Waals surface area contributed by atoms with Crippen LogP contribution >= 0.6 is 15.9 Å². The molecule has 0 spiro atoms. The van der Waals surface area contributed by atoms with Gasteiger partial charge in [-0.15, -0.1) is 0 Å². The lowest BCUT2D eigenvalue weighted by Gasteiger charge is -2.15. The Morgan fingerprint density at radius 2 is 2.05 bits per heavy atom. The number of aromatic nitrogens is 2. The highest BCUT2D eigenvalue weighted by Crippen LogP contribution is 2.42. The van der Waals surface area contributed by atoms with Crippen molar-refractivity contribution in [3.8, 4) is 0 Å². The van der Waals surface area contributed by atoms with Gasteiger partial charge in [-0.2, -0.15) is 0 Å². The number of rotatable bonds is 2. The summed E-state index contributed by atoms with van der Waals surface area (Å²) in [5, 5.41) is 9.81. The number of aryl methyl sites for hydroxylation is 1. The van der Waals surface area contributed by atoms with Gasteiger partial charge in [0.15, 0.2) is 0 Å². The Morgan fingerprint density at radius 1 is 1.42 bits per heavy atom. The van der Waals surface area contributed by atoms with E-state index in [2.05, 4.69) is 15.9 Å². The Bertz CT molecular complexity index is 768. The van der Waals surface area contributed by atoms with Crippen LogP contribution in [0.4, 0.5) is 0 Å². The summed E-state index contributed by atoms with van der Waals surface area (Å²) in [7, 11) is 1.74. The van der Waals surface area contributed by atoms with Crippen molar-refractivity contribution in [2.24, 2.45) is 7.05 Å². The Morgan fingerprint density at radius 3 is 2.58 bits per heavy atom. The summed E-state index contributed by atoms with van der Waals surface area (Å²) < 4.78 is 3.88. The van der Waals surface area contributed by atoms with Crippen molar-refractivity contribution in [3.05, 3.63) is 32.8 Å². The summed E-state index contributed by atoms with van der Waals surface area (Å²) in [5.74, 6) is -1.02. The van der Waals surface area contributed by atoms with Crippen molar-refractivity contribution in [2.75, 3.05) is 0 Å². The quantitative estimate of drug-likeness (QED) is 0.921. The van der Waals surface area contributed by atoms with Gasteiger partial charge in [-0.05, 0) is 35.7 Å². The second-order valence-corrected chi connectivity index (χ2v) is 6.19. The van der Waals surface area contributed by atoms with Crippen molar-refractivity contribution in [1.29, 1.82) is 0 Å². The van der Waals surface area contributed by atoms with Gasteiger partial charge in [0.05, 0.1) is 10.9 Å². The van der Waals surface area contributed by atoms with E-state index in [9.17, 15) is 14.7 Å². The molecule has 5 nitrogen and oxygen atoms in total. The highest BCUT2D eigenvalue weighted by molar-refractivity contribution is 9.10. The van der Waals surface area contributed by atoms with E-state index in [0.717, 1.165) is 12.8 Å². The van der Waals surface area contributed by atoms with Gasteiger partial charge in [-0.3, -0.25) is 4.79 Å². The topological polar surface area (TPSA) is 64.2 Å². The molecule has 2 aromatic rings. The third-order valence-electron chi connectivity index (χ3n) is 3.87. The number of carboxylic acid groups (broad SMARTS) is 1. The average molecular weight is 325 g/mol. The van der Waals surface area contributed by atoms with E-state index in [1.165, 1.54) is 6.20 Å². The molecule has 0 aromatic carbocycles. The summed E-state index contributed by atoms with van der Waals surface area (Å²) in [6, 6.07) is 0. The number of carbonyl (C=O) groups is 1. The van der Waals surface area contributed by atoms with Crippen LogP contribution in [0.25, 0.3) is 10.9 Å². The van der Waals surface area contributed by atoms with Gasteiger partial charge in [-0.1, -0.05) is 0 Å². The zero-order valence-electron chi connectivity index (χ0n) is 10.6. The predicted octanol–water partition coefficient (Wildman–Crippen LogP) is 2.31. The van der Waals surface area contributed by atoms with Gasteiger partial charge >= 0.3 is 5.97 Å². The van der Waals surface area contributed by atoms with Crippen LogP contribution in [-0.2, 0) is 12.6 Å². The molecule has 6 heteroatoms. The number of halogens is 1. The Balaban J connectivity index is 2.50. The molecule has 0 unspecified atom stereocenters. The first-order valence-electron chi connectivity index (χ1n) is 5.99. The third kappa shape index (κ3) is 1.66. The van der Waals surface area contributed by atoms with Crippen LogP contribution < -0.4 is 5.56 Å². The van der Waals surface area contributed by atoms with E-state index in [-0.39, 0.29) is 16.7 Å². The maximum absolute atomic E-state index is 12.6. The number of carboxylic acids is 1. The molecule has 100 valence electrons. The number of fused-ring (bicyclic) bond motifs is 1. The molecular formula is C13H13BrN2O3. The van der Waals surface area contributed by atoms with E-state index in [4.69, 9.17) is 0 Å². The summed E-state index contributed by atoms with van der Waals surface area (Å²) in [5.41, 5.74) is 0.262. The van der Waals surface area contributed by atoms with Gasteiger partial charge in [0.2, 0.25) is 0 Å². The van der Waals surface area contributed by atoms with Gasteiger partial charge < -0.3 is 14.2 Å². The van der Waals surface area contributed by atoms with Crippen LogP contribution in [0.5, 0.6) is 0 Å². The monoisotopic (exact) mass is 324 g/mol. The minimum Gasteiger partial charge on any atom is -0.478 e. The second-order valence-electron chi connectivity index (χ2n) is 5.33. The fourth-order valence-corrected chi connectivity index (χ4v) is 3.13. The Labute approximate surface area is 117 Å². The summed E-state index contributed by atoms with van der Waals surface area (Å²) in [4.78, 5) is 24.0. The highest BCUT2D eigenvalue weighted by atomic mass is 79.9. The molecule has 19 heavy (non-hydrogen) atoms. The fourth-order valence-electron chi connectivity index (χ4n) is 2.47. The smallest absolute Gasteiger partial charge is 0.339 e. The van der Waals surface area contributed by atoms with E-state index in [1.807, 2.05) is 6.92 Å². The SMILES string of the molecule is Cn1cc(Br)c2c(=O)n(C3(C)CC3)cc(C(=O)O)c21. The van der Waals surface area contributed by atoms with E-state index >= 15 is 0 Å². The maximum atomic E-state index is 12.6. The molecule has 0 atom stereocenters. The van der Waals surface area contributed by atoms with Crippen LogP contribution in [-0.4, -0.2) is 20.2 Å². The van der Waals surface area contributed by atoms with Gasteiger partial charge in [0.25, 0.3) is 5.56 Å². The Kier molecular flexibility index (Phi) is 2.44. The van der Waals surface area contributed by atoms with Crippen molar-refractivity contribution in [2.45, 2.75) is 25.3 Å². The molecule has 1 aliphatic rings. The normalized spacial score (nSPS) is 16.8. The minimum absolute atomic E-state index is 0.132. The molecule has 0 aliphatic heterocycles. The molecule has 2 aromatic heterocycles. The number of hydrogen-bond acceptors (Lipinski definition) is 2. The zero-order valence-corrected chi connectivity index (χ0v) is 12.2. The first kappa shape index (κ1) is 12.5. The standard InChI is InChI=1S/C13H13BrN2O3/c1-13(3-4-13)16-5-7(12(18)19)10-9(11(16)17)8(14)6-15(10)2/h5-6H,3-4H2,1-2H3,(H,18,19). The first-order chi connectivity index (χ1) is 8.85. The van der Waals surface area contributed by atoms with Crippen molar-refractivity contribution < 1.29 is 9.90 Å². The molecule has 1 fully saturated rings. The molecule has 3 rings (SSSR count). The van der Waals surface area contributed by atoms with E-state index in [1.54, 1.807) is 22.4 Å². The van der Waals surface area contributed by atoms with Crippen LogP contribution in [0.3, 0.4) is 0 Å². The molecule has 0 bridgehead atoms. The number of hydrogen-bond donors (Lipinski definition) is 1. The lowest BCUT2D eigenvalue weighted by Crippen LogP contribution is -2.29. The average Bonchev–Trinajstić information content (AvgIpc) is 2.98. The van der Waals surface area contributed by atoms with Crippen molar-refractivity contribution in [1.82, 2.24) is 9.13 Å². The lowest BCUT2D eigenvalue weighted by molar-refractivity contribution is 0.0697. The second kappa shape index (κ2) is 3.72. The summed E-state index contributed by atoms with van der Waals surface area (Å²) in [6.45, 7) is 1.97. The van der Waals surface area contributed by atoms with Crippen molar-refractivity contribution in [3.63, 3.8) is 0 Å². The third-order valence-corrected chi connectivity index (χ3v) is 4.47. The molecule has 2 heterocycles. The lowest BCUT2D eigenvalue weighted by atomic mass is 10.2. The summed E-state index contributed by atoms with van der Waals surface area (Å²) in [6.07, 6.45) is 5.01. The molecule has 1 saturated carbocycles. The number of pyridine rings is 1. The molecule has 1 aliphatic carbocycles. The van der Waals surface area contributed by atoms with Crippen LogP contribution in [0.1, 0.15) is 30.1 Å². The molecule has 0 radical (unpaired) electrons. The van der Waals surface area contributed by atoms with Crippen LogP contribution in [0.15, 0.2) is 21.7 Å². The van der Waals surface area contributed by atoms with E-state index in [0.29, 0.717) is 15.4 Å². The van der Waals surface area contributed by atoms with Gasteiger partial charge in [0.1, 0.15) is 5.56 Å². The summed E-state index contributed by atoms with van der Waals surface area (Å²) >= 11 is 3.35. The van der Waals surface area contributed by atoms with Crippen molar-refractivity contribution >= 4 is 32.8 Å². The molecule has 1 N–H and O–H groups in total. The van der Waals surface area contributed by atoms with E-state index < -0.39 is 5.97 Å². The van der Waals surface area contributed by atoms with Crippen LogP contribution in [0, 0.1) is 0 Å². The Hall–Kier alpha value is -1.56. The van der Waals surface area contributed by atoms with Gasteiger partial charge in [0, 0.05) is 29.5 Å². The fraction of sp³-hybridized carbons (Fsp3) is 0.385. The molecule has 0 saturated heterocycles. The molecule has 0 amide bonds. The largest absolute Gasteiger partial charge is 0.478 e. The number of aromatic carboxylic acids is 1.